The van der Waals surface area contributed by atoms with E-state index in [1.807, 2.05) is 4.72 Å². The highest BCUT2D eigenvalue weighted by molar-refractivity contribution is 7.89. The molecule has 0 heterocycles. The smallest absolute Gasteiger partial charge is 0.321 e. The highest BCUT2D eigenvalue weighted by atomic mass is 32.2. The minimum atomic E-state index is -4.22. The Balaban J connectivity index is 2.87. The second kappa shape index (κ2) is 7.32. The van der Waals surface area contributed by atoms with E-state index in [1.54, 1.807) is 0 Å². The second-order valence-corrected chi connectivity index (χ2v) is 5.76. The largest absolute Gasteiger partial charge is 0.480 e. The van der Waals surface area contributed by atoms with Crippen LogP contribution in [0.25, 0.3) is 0 Å². The normalized spacial score (nSPS) is 13.1. The number of halogens is 1. The van der Waals surface area contributed by atoms with Gasteiger partial charge in [-0.2, -0.15) is 4.72 Å². The summed E-state index contributed by atoms with van der Waals surface area (Å²) in [5.74, 6) is -2.25. The summed E-state index contributed by atoms with van der Waals surface area (Å²) in [6, 6.07) is 3.45. The molecule has 0 saturated carbocycles. The molecule has 0 spiro atoms. The molecule has 1 aromatic carbocycles. The zero-order valence-corrected chi connectivity index (χ0v) is 11.7. The maximum absolute atomic E-state index is 13.5. The summed E-state index contributed by atoms with van der Waals surface area (Å²) < 4.78 is 44.1. The second-order valence-electron chi connectivity index (χ2n) is 4.08. The Kier molecular flexibility index (Phi) is 6.05. The lowest BCUT2D eigenvalue weighted by molar-refractivity contribution is -0.139. The zero-order valence-electron chi connectivity index (χ0n) is 10.9. The van der Waals surface area contributed by atoms with Crippen molar-refractivity contribution in [1.82, 2.24) is 4.72 Å². The molecular formula is C12H16FNO5S. The first-order valence-electron chi connectivity index (χ1n) is 5.87. The van der Waals surface area contributed by atoms with Crippen LogP contribution in [0.4, 0.5) is 4.39 Å². The van der Waals surface area contributed by atoms with Crippen molar-refractivity contribution in [1.29, 1.82) is 0 Å². The molecule has 0 aliphatic carbocycles. The predicted molar refractivity (Wildman–Crippen MR) is 69.3 cm³/mol. The van der Waals surface area contributed by atoms with Gasteiger partial charge in [-0.25, -0.2) is 12.8 Å². The fourth-order valence-corrected chi connectivity index (χ4v) is 2.88. The molecular weight excluding hydrogens is 289 g/mol. The van der Waals surface area contributed by atoms with Crippen molar-refractivity contribution in [3.8, 4) is 0 Å². The van der Waals surface area contributed by atoms with Crippen molar-refractivity contribution in [2.45, 2.75) is 23.8 Å². The quantitative estimate of drug-likeness (QED) is 0.699. The molecule has 8 heteroatoms. The third-order valence-electron chi connectivity index (χ3n) is 2.56. The summed E-state index contributed by atoms with van der Waals surface area (Å²) in [6.45, 7) is 0.311. The van der Waals surface area contributed by atoms with Gasteiger partial charge in [0.1, 0.15) is 16.8 Å². The van der Waals surface area contributed by atoms with Crippen LogP contribution < -0.4 is 4.72 Å². The van der Waals surface area contributed by atoms with E-state index in [0.29, 0.717) is 13.0 Å². The van der Waals surface area contributed by atoms with Crippen LogP contribution in [0.15, 0.2) is 29.2 Å². The Morgan fingerprint density at radius 1 is 1.45 bits per heavy atom. The Morgan fingerprint density at radius 2 is 2.10 bits per heavy atom. The number of rotatable bonds is 8. The fraction of sp³-hybridized carbons (Fsp3) is 0.417. The summed E-state index contributed by atoms with van der Waals surface area (Å²) >= 11 is 0. The van der Waals surface area contributed by atoms with Gasteiger partial charge in [-0.05, 0) is 25.0 Å². The Morgan fingerprint density at radius 3 is 2.65 bits per heavy atom. The van der Waals surface area contributed by atoms with E-state index in [9.17, 15) is 17.6 Å². The van der Waals surface area contributed by atoms with Gasteiger partial charge in [-0.3, -0.25) is 4.79 Å². The highest BCUT2D eigenvalue weighted by Crippen LogP contribution is 2.14. The van der Waals surface area contributed by atoms with E-state index in [4.69, 9.17) is 9.84 Å². The number of carboxylic acids is 1. The molecule has 1 atom stereocenters. The fourth-order valence-electron chi connectivity index (χ4n) is 1.58. The molecule has 0 saturated heterocycles. The Hall–Kier alpha value is -1.51. The van der Waals surface area contributed by atoms with Crippen molar-refractivity contribution in [3.63, 3.8) is 0 Å². The zero-order chi connectivity index (χ0) is 15.2. The number of benzene rings is 1. The number of hydrogen-bond donors (Lipinski definition) is 2. The average Bonchev–Trinajstić information content (AvgIpc) is 2.37. The van der Waals surface area contributed by atoms with E-state index in [0.717, 1.165) is 12.1 Å². The van der Waals surface area contributed by atoms with Crippen molar-refractivity contribution < 1.29 is 27.4 Å². The number of sulfonamides is 1. The van der Waals surface area contributed by atoms with Crippen molar-refractivity contribution >= 4 is 16.0 Å². The van der Waals surface area contributed by atoms with Crippen LogP contribution in [0.3, 0.4) is 0 Å². The van der Waals surface area contributed by atoms with Crippen LogP contribution in [0.2, 0.25) is 0 Å². The first kappa shape index (κ1) is 16.5. The van der Waals surface area contributed by atoms with E-state index < -0.39 is 32.7 Å². The molecule has 0 fully saturated rings. The van der Waals surface area contributed by atoms with Crippen LogP contribution in [0, 0.1) is 5.82 Å². The summed E-state index contributed by atoms with van der Waals surface area (Å²) in [5, 5.41) is 8.99. The van der Waals surface area contributed by atoms with E-state index in [1.165, 1.54) is 19.2 Å². The first-order chi connectivity index (χ1) is 9.38. The van der Waals surface area contributed by atoms with E-state index >= 15 is 0 Å². The van der Waals surface area contributed by atoms with Gasteiger partial charge in [0.25, 0.3) is 0 Å². The van der Waals surface area contributed by atoms with Gasteiger partial charge in [-0.1, -0.05) is 12.1 Å². The maximum Gasteiger partial charge on any atom is 0.321 e. The average molecular weight is 305 g/mol. The summed E-state index contributed by atoms with van der Waals surface area (Å²) in [7, 11) is -2.76. The number of ether oxygens (including phenoxy) is 1. The van der Waals surface area contributed by atoms with Crippen LogP contribution >= 0.6 is 0 Å². The molecule has 0 aromatic heterocycles. The lowest BCUT2D eigenvalue weighted by atomic mass is 10.2. The van der Waals surface area contributed by atoms with Gasteiger partial charge in [0.05, 0.1) is 0 Å². The molecule has 0 aliphatic rings. The number of aliphatic carboxylic acids is 1. The van der Waals surface area contributed by atoms with Gasteiger partial charge >= 0.3 is 5.97 Å². The van der Waals surface area contributed by atoms with E-state index in [-0.39, 0.29) is 6.42 Å². The third kappa shape index (κ3) is 4.55. The summed E-state index contributed by atoms with van der Waals surface area (Å²) in [4.78, 5) is 10.5. The summed E-state index contributed by atoms with van der Waals surface area (Å²) in [6.07, 6.45) is 0.421. The van der Waals surface area contributed by atoms with Gasteiger partial charge in [0, 0.05) is 13.7 Å². The van der Waals surface area contributed by atoms with Crippen LogP contribution in [-0.4, -0.2) is 39.3 Å². The monoisotopic (exact) mass is 305 g/mol. The molecule has 20 heavy (non-hydrogen) atoms. The van der Waals surface area contributed by atoms with Crippen LogP contribution in [0.5, 0.6) is 0 Å². The molecule has 0 aliphatic heterocycles. The Bertz CT molecular complexity index is 561. The lowest BCUT2D eigenvalue weighted by Gasteiger charge is -2.14. The lowest BCUT2D eigenvalue weighted by Crippen LogP contribution is -2.41. The Labute approximate surface area is 116 Å². The SMILES string of the molecule is COCCCC(NS(=O)(=O)c1ccccc1F)C(=O)O. The van der Waals surface area contributed by atoms with Crippen molar-refractivity contribution in [3.05, 3.63) is 30.1 Å². The highest BCUT2D eigenvalue weighted by Gasteiger charge is 2.26. The number of carbonyl (C=O) groups is 1. The first-order valence-corrected chi connectivity index (χ1v) is 7.35. The molecule has 2 N–H and O–H groups in total. The number of hydrogen-bond acceptors (Lipinski definition) is 4. The molecule has 112 valence electrons. The number of nitrogens with one attached hydrogen (secondary N) is 1. The minimum absolute atomic E-state index is 0.0524. The third-order valence-corrected chi connectivity index (χ3v) is 4.07. The van der Waals surface area contributed by atoms with Crippen LogP contribution in [-0.2, 0) is 19.6 Å². The van der Waals surface area contributed by atoms with Gasteiger partial charge in [0.15, 0.2) is 0 Å². The number of carboxylic acid groups (broad SMARTS) is 1. The molecule has 0 radical (unpaired) electrons. The van der Waals surface area contributed by atoms with Gasteiger partial charge < -0.3 is 9.84 Å². The van der Waals surface area contributed by atoms with Crippen molar-refractivity contribution in [2.24, 2.45) is 0 Å². The molecule has 0 bridgehead atoms. The standard InChI is InChI=1S/C12H16FNO5S/c1-19-8-4-6-10(12(15)16)14-20(17,18)11-7-3-2-5-9(11)13/h2-3,5,7,10,14H,4,6,8H2,1H3,(H,15,16). The van der Waals surface area contributed by atoms with Crippen LogP contribution in [0.1, 0.15) is 12.8 Å². The topological polar surface area (TPSA) is 92.7 Å². The van der Waals surface area contributed by atoms with E-state index in [2.05, 4.69) is 0 Å². The molecule has 1 rings (SSSR count). The predicted octanol–water partition coefficient (Wildman–Crippen LogP) is 0.984. The minimum Gasteiger partial charge on any atom is -0.480 e. The maximum atomic E-state index is 13.5. The molecule has 0 amide bonds. The molecule has 1 aromatic rings. The van der Waals surface area contributed by atoms with Gasteiger partial charge in [0.2, 0.25) is 10.0 Å². The summed E-state index contributed by atoms with van der Waals surface area (Å²) in [5.41, 5.74) is 0. The number of methoxy groups -OCH3 is 1. The van der Waals surface area contributed by atoms with Gasteiger partial charge in [-0.15, -0.1) is 0 Å². The van der Waals surface area contributed by atoms with Crippen molar-refractivity contribution in [2.75, 3.05) is 13.7 Å². The molecule has 1 unspecified atom stereocenters. The molecule has 6 nitrogen and oxygen atoms in total.